The van der Waals surface area contributed by atoms with Gasteiger partial charge in [-0.3, -0.25) is 0 Å². The van der Waals surface area contributed by atoms with Gasteiger partial charge >= 0.3 is 0 Å². The number of rotatable bonds is 2. The van der Waals surface area contributed by atoms with Gasteiger partial charge in [-0.15, -0.1) is 0 Å². The zero-order valence-corrected chi connectivity index (χ0v) is 10.8. The van der Waals surface area contributed by atoms with E-state index < -0.39 is 0 Å². The van der Waals surface area contributed by atoms with E-state index in [2.05, 4.69) is 10.3 Å². The summed E-state index contributed by atoms with van der Waals surface area (Å²) in [7, 11) is 0. The number of piperidine rings is 1. The van der Waals surface area contributed by atoms with Crippen molar-refractivity contribution in [3.63, 3.8) is 0 Å². The quantitative estimate of drug-likeness (QED) is 0.901. The van der Waals surface area contributed by atoms with Crippen molar-refractivity contribution in [3.05, 3.63) is 41.2 Å². The van der Waals surface area contributed by atoms with Gasteiger partial charge in [-0.2, -0.15) is 0 Å². The number of hydrogen-bond donors (Lipinski definition) is 1. The molecule has 1 aliphatic rings. The molecule has 0 unspecified atom stereocenters. The fraction of sp³-hybridized carbons (Fsp3) is 0.357. The highest BCUT2D eigenvalue weighted by molar-refractivity contribution is 6.30. The van der Waals surface area contributed by atoms with Crippen molar-refractivity contribution in [2.45, 2.75) is 18.8 Å². The maximum absolute atomic E-state index is 5.97. The lowest BCUT2D eigenvalue weighted by atomic mass is 9.96. The van der Waals surface area contributed by atoms with Gasteiger partial charge in [-0.05, 0) is 44.1 Å². The number of nitrogens with zero attached hydrogens (tertiary/aromatic N) is 1. The Morgan fingerprint density at radius 3 is 2.89 bits per heavy atom. The van der Waals surface area contributed by atoms with Crippen LogP contribution < -0.4 is 5.32 Å². The molecule has 1 N–H and O–H groups in total. The van der Waals surface area contributed by atoms with Crippen molar-refractivity contribution in [2.24, 2.45) is 0 Å². The van der Waals surface area contributed by atoms with Crippen LogP contribution in [0.1, 0.15) is 24.5 Å². The second kappa shape index (κ2) is 5.12. The van der Waals surface area contributed by atoms with E-state index in [1.54, 1.807) is 0 Å². The smallest absolute Gasteiger partial charge is 0.226 e. The summed E-state index contributed by atoms with van der Waals surface area (Å²) < 4.78 is 5.87. The van der Waals surface area contributed by atoms with E-state index in [1.165, 1.54) is 0 Å². The molecular formula is C14H15ClN2O. The van der Waals surface area contributed by atoms with Gasteiger partial charge in [0, 0.05) is 16.5 Å². The van der Waals surface area contributed by atoms with Crippen LogP contribution in [-0.2, 0) is 0 Å². The summed E-state index contributed by atoms with van der Waals surface area (Å²) in [4.78, 5) is 4.36. The third-order valence-electron chi connectivity index (χ3n) is 3.34. The Morgan fingerprint density at radius 1 is 1.28 bits per heavy atom. The molecule has 0 radical (unpaired) electrons. The van der Waals surface area contributed by atoms with Crippen LogP contribution in [0.5, 0.6) is 0 Å². The lowest BCUT2D eigenvalue weighted by molar-refractivity contribution is 0.390. The van der Waals surface area contributed by atoms with Crippen LogP contribution in [0.25, 0.3) is 11.5 Å². The van der Waals surface area contributed by atoms with Crippen LogP contribution >= 0.6 is 11.6 Å². The van der Waals surface area contributed by atoms with Gasteiger partial charge in [-0.1, -0.05) is 17.7 Å². The predicted molar refractivity (Wildman–Crippen MR) is 71.8 cm³/mol. The average molecular weight is 263 g/mol. The third-order valence-corrected chi connectivity index (χ3v) is 3.57. The number of benzene rings is 1. The molecule has 0 saturated carbocycles. The number of hydrogen-bond acceptors (Lipinski definition) is 3. The maximum atomic E-state index is 5.97. The van der Waals surface area contributed by atoms with Gasteiger partial charge in [0.1, 0.15) is 5.76 Å². The van der Waals surface area contributed by atoms with Gasteiger partial charge in [0.2, 0.25) is 5.89 Å². The monoisotopic (exact) mass is 262 g/mol. The van der Waals surface area contributed by atoms with Crippen molar-refractivity contribution < 1.29 is 4.42 Å². The lowest BCUT2D eigenvalue weighted by Gasteiger charge is -2.19. The zero-order chi connectivity index (χ0) is 12.4. The second-order valence-electron chi connectivity index (χ2n) is 4.60. The van der Waals surface area contributed by atoms with E-state index >= 15 is 0 Å². The van der Waals surface area contributed by atoms with Crippen molar-refractivity contribution in [1.82, 2.24) is 10.3 Å². The Labute approximate surface area is 111 Å². The van der Waals surface area contributed by atoms with E-state index in [0.29, 0.717) is 16.8 Å². The van der Waals surface area contributed by atoms with Crippen LogP contribution in [0, 0.1) is 0 Å². The van der Waals surface area contributed by atoms with Crippen LogP contribution in [0.4, 0.5) is 0 Å². The molecule has 4 heteroatoms. The van der Waals surface area contributed by atoms with Crippen molar-refractivity contribution >= 4 is 11.6 Å². The third kappa shape index (κ3) is 2.42. The van der Waals surface area contributed by atoms with E-state index in [0.717, 1.165) is 37.3 Å². The summed E-state index contributed by atoms with van der Waals surface area (Å²) in [5.41, 5.74) is 0.933. The number of oxazole rings is 1. The molecule has 0 bridgehead atoms. The van der Waals surface area contributed by atoms with Gasteiger partial charge in [0.05, 0.1) is 6.20 Å². The van der Waals surface area contributed by atoms with E-state index in [-0.39, 0.29) is 0 Å². The first-order chi connectivity index (χ1) is 8.83. The molecule has 18 heavy (non-hydrogen) atoms. The SMILES string of the molecule is Clc1cccc(-c2ncc(C3CCNCC3)o2)c1. The number of aromatic nitrogens is 1. The van der Waals surface area contributed by atoms with Crippen molar-refractivity contribution in [2.75, 3.05) is 13.1 Å². The minimum absolute atomic E-state index is 0.492. The van der Waals surface area contributed by atoms with Crippen LogP contribution in [0.2, 0.25) is 5.02 Å². The first kappa shape index (κ1) is 11.8. The summed E-state index contributed by atoms with van der Waals surface area (Å²) >= 11 is 5.97. The Bertz CT molecular complexity index is 532. The van der Waals surface area contributed by atoms with E-state index in [9.17, 15) is 0 Å². The number of nitrogens with one attached hydrogen (secondary N) is 1. The number of halogens is 1. The van der Waals surface area contributed by atoms with Crippen LogP contribution in [0.15, 0.2) is 34.9 Å². The highest BCUT2D eigenvalue weighted by atomic mass is 35.5. The van der Waals surface area contributed by atoms with E-state index in [1.807, 2.05) is 30.5 Å². The fourth-order valence-electron chi connectivity index (χ4n) is 2.34. The second-order valence-corrected chi connectivity index (χ2v) is 5.04. The molecule has 2 heterocycles. The molecular weight excluding hydrogens is 248 g/mol. The van der Waals surface area contributed by atoms with Crippen molar-refractivity contribution in [1.29, 1.82) is 0 Å². The zero-order valence-electron chi connectivity index (χ0n) is 10.0. The van der Waals surface area contributed by atoms with Gasteiger partial charge in [0.15, 0.2) is 0 Å². The summed E-state index contributed by atoms with van der Waals surface area (Å²) in [5, 5.41) is 4.05. The molecule has 0 spiro atoms. The highest BCUT2D eigenvalue weighted by Gasteiger charge is 2.19. The van der Waals surface area contributed by atoms with E-state index in [4.69, 9.17) is 16.0 Å². The molecule has 1 aliphatic heterocycles. The van der Waals surface area contributed by atoms with Crippen LogP contribution in [-0.4, -0.2) is 18.1 Å². The standard InChI is InChI=1S/C14H15ClN2O/c15-12-3-1-2-11(8-12)14-17-9-13(18-14)10-4-6-16-7-5-10/h1-3,8-10,16H,4-7H2. The predicted octanol–water partition coefficient (Wildman–Crippen LogP) is 3.46. The summed E-state index contributed by atoms with van der Waals surface area (Å²) in [6, 6.07) is 7.59. The minimum Gasteiger partial charge on any atom is -0.441 e. The maximum Gasteiger partial charge on any atom is 0.226 e. The lowest BCUT2D eigenvalue weighted by Crippen LogP contribution is -2.26. The molecule has 1 aromatic carbocycles. The molecule has 94 valence electrons. The topological polar surface area (TPSA) is 38.1 Å². The molecule has 3 nitrogen and oxygen atoms in total. The van der Waals surface area contributed by atoms with Gasteiger partial charge < -0.3 is 9.73 Å². The Hall–Kier alpha value is -1.32. The summed E-state index contributed by atoms with van der Waals surface area (Å²) in [6.45, 7) is 2.11. The molecule has 2 aromatic rings. The highest BCUT2D eigenvalue weighted by Crippen LogP contribution is 2.29. The first-order valence-electron chi connectivity index (χ1n) is 6.25. The molecule has 0 atom stereocenters. The molecule has 1 fully saturated rings. The fourth-order valence-corrected chi connectivity index (χ4v) is 2.53. The molecule has 1 aromatic heterocycles. The summed E-state index contributed by atoms with van der Waals surface area (Å²) in [6.07, 6.45) is 4.08. The minimum atomic E-state index is 0.492. The first-order valence-corrected chi connectivity index (χ1v) is 6.63. The van der Waals surface area contributed by atoms with Crippen molar-refractivity contribution in [3.8, 4) is 11.5 Å². The molecule has 0 aliphatic carbocycles. The molecule has 1 saturated heterocycles. The normalized spacial score (nSPS) is 16.9. The van der Waals surface area contributed by atoms with Crippen LogP contribution in [0.3, 0.4) is 0 Å². The van der Waals surface area contributed by atoms with Gasteiger partial charge in [-0.25, -0.2) is 4.98 Å². The van der Waals surface area contributed by atoms with Gasteiger partial charge in [0.25, 0.3) is 0 Å². The average Bonchev–Trinajstić information content (AvgIpc) is 2.89. The summed E-state index contributed by atoms with van der Waals surface area (Å²) in [5.74, 6) is 2.14. The Kier molecular flexibility index (Phi) is 3.35. The molecule has 0 amide bonds. The largest absolute Gasteiger partial charge is 0.441 e. The Morgan fingerprint density at radius 2 is 2.11 bits per heavy atom. The Balaban J connectivity index is 1.84. The molecule has 3 rings (SSSR count).